The number of pyridine rings is 1. The highest BCUT2D eigenvalue weighted by molar-refractivity contribution is 7.89. The second-order valence-corrected chi connectivity index (χ2v) is 7.67. The van der Waals surface area contributed by atoms with E-state index in [1.807, 2.05) is 25.1 Å². The Morgan fingerprint density at radius 3 is 2.71 bits per heavy atom. The Morgan fingerprint density at radius 1 is 1.33 bits per heavy atom. The summed E-state index contributed by atoms with van der Waals surface area (Å²) in [6, 6.07) is 5.74. The molecule has 0 bridgehead atoms. The smallest absolute Gasteiger partial charge is 0.215 e. The van der Waals surface area contributed by atoms with Crippen LogP contribution in [-0.2, 0) is 10.0 Å². The third-order valence-electron chi connectivity index (χ3n) is 3.78. The van der Waals surface area contributed by atoms with Crippen molar-refractivity contribution in [2.24, 2.45) is 10.7 Å². The van der Waals surface area contributed by atoms with Gasteiger partial charge in [-0.05, 0) is 18.6 Å². The van der Waals surface area contributed by atoms with Gasteiger partial charge in [-0.15, -0.1) is 0 Å². The van der Waals surface area contributed by atoms with E-state index >= 15 is 0 Å². The fourth-order valence-electron chi connectivity index (χ4n) is 2.46. The summed E-state index contributed by atoms with van der Waals surface area (Å²) in [6.45, 7) is 5.14. The van der Waals surface area contributed by atoms with Gasteiger partial charge < -0.3 is 16.0 Å². The van der Waals surface area contributed by atoms with E-state index in [1.165, 1.54) is 4.31 Å². The topological polar surface area (TPSA) is 104 Å². The lowest BCUT2D eigenvalue weighted by Gasteiger charge is -2.34. The Hall–Kier alpha value is -1.87. The molecule has 24 heavy (non-hydrogen) atoms. The lowest BCUT2D eigenvalue weighted by Crippen LogP contribution is -2.50. The first-order chi connectivity index (χ1) is 11.5. The summed E-state index contributed by atoms with van der Waals surface area (Å²) in [5.41, 5.74) is 5.67. The van der Waals surface area contributed by atoms with Gasteiger partial charge >= 0.3 is 0 Å². The van der Waals surface area contributed by atoms with E-state index in [-0.39, 0.29) is 12.3 Å². The summed E-state index contributed by atoms with van der Waals surface area (Å²) < 4.78 is 26.3. The summed E-state index contributed by atoms with van der Waals surface area (Å²) in [6.07, 6.45) is 2.65. The fraction of sp³-hybridized carbons (Fsp3) is 0.600. The highest BCUT2D eigenvalue weighted by Gasteiger charge is 2.26. The zero-order valence-electron chi connectivity index (χ0n) is 14.1. The van der Waals surface area contributed by atoms with Crippen molar-refractivity contribution in [1.29, 1.82) is 0 Å². The van der Waals surface area contributed by atoms with Crippen LogP contribution in [0.5, 0.6) is 0 Å². The molecule has 1 saturated heterocycles. The van der Waals surface area contributed by atoms with Crippen molar-refractivity contribution >= 4 is 21.8 Å². The van der Waals surface area contributed by atoms with Gasteiger partial charge in [0.05, 0.1) is 5.75 Å². The molecule has 1 aliphatic rings. The number of anilines is 1. The molecule has 9 heteroatoms. The van der Waals surface area contributed by atoms with Crippen LogP contribution in [0.1, 0.15) is 13.3 Å². The molecule has 0 saturated carbocycles. The van der Waals surface area contributed by atoms with E-state index in [1.54, 1.807) is 6.20 Å². The molecule has 8 nitrogen and oxygen atoms in total. The summed E-state index contributed by atoms with van der Waals surface area (Å²) in [7, 11) is -3.29. The zero-order chi connectivity index (χ0) is 17.4. The molecule has 1 fully saturated rings. The average molecular weight is 354 g/mol. The van der Waals surface area contributed by atoms with Crippen LogP contribution in [0.4, 0.5) is 5.82 Å². The standard InChI is InChI=1S/C15H26N6O2S/c1-2-6-18-15(16)19-8-13-24(22,23)21-11-9-20(10-12-21)14-5-3-4-7-17-14/h3-5,7H,2,6,8-13H2,1H3,(H3,16,18,19). The molecule has 1 aliphatic heterocycles. The van der Waals surface area contributed by atoms with Crippen LogP contribution >= 0.6 is 0 Å². The average Bonchev–Trinajstić information content (AvgIpc) is 2.60. The lowest BCUT2D eigenvalue weighted by molar-refractivity contribution is 0.384. The van der Waals surface area contributed by atoms with E-state index in [4.69, 9.17) is 5.73 Å². The predicted molar refractivity (Wildman–Crippen MR) is 96.6 cm³/mol. The summed E-state index contributed by atoms with van der Waals surface area (Å²) >= 11 is 0. The third kappa shape index (κ3) is 5.34. The van der Waals surface area contributed by atoms with E-state index in [2.05, 4.69) is 20.2 Å². The van der Waals surface area contributed by atoms with Crippen molar-refractivity contribution < 1.29 is 8.42 Å². The normalized spacial score (nSPS) is 17.0. The van der Waals surface area contributed by atoms with Crippen LogP contribution in [0.2, 0.25) is 0 Å². The van der Waals surface area contributed by atoms with Crippen LogP contribution in [0.15, 0.2) is 29.4 Å². The highest BCUT2D eigenvalue weighted by Crippen LogP contribution is 2.14. The van der Waals surface area contributed by atoms with Crippen molar-refractivity contribution in [2.75, 3.05) is 49.9 Å². The SMILES string of the molecule is CCCN=C(N)NCCS(=O)(=O)N1CCN(c2ccccn2)CC1. The second-order valence-electron chi connectivity index (χ2n) is 5.58. The number of hydrogen-bond acceptors (Lipinski definition) is 5. The van der Waals surface area contributed by atoms with Crippen molar-refractivity contribution in [1.82, 2.24) is 14.6 Å². The molecule has 0 amide bonds. The number of nitrogens with zero attached hydrogens (tertiary/aromatic N) is 4. The van der Waals surface area contributed by atoms with Gasteiger partial charge in [0.1, 0.15) is 5.82 Å². The number of aromatic nitrogens is 1. The number of guanidine groups is 1. The summed E-state index contributed by atoms with van der Waals surface area (Å²) in [5, 5.41) is 2.85. The molecule has 3 N–H and O–H groups in total. The number of sulfonamides is 1. The number of aliphatic imine (C=N–C) groups is 1. The Balaban J connectivity index is 1.80. The van der Waals surface area contributed by atoms with Crippen LogP contribution in [0.3, 0.4) is 0 Å². The molecule has 0 atom stereocenters. The molecular formula is C15H26N6O2S. The molecule has 1 aromatic heterocycles. The van der Waals surface area contributed by atoms with Gasteiger partial charge in [0, 0.05) is 45.5 Å². The van der Waals surface area contributed by atoms with E-state index < -0.39 is 10.0 Å². The summed E-state index contributed by atoms with van der Waals surface area (Å²) in [5.74, 6) is 1.20. The van der Waals surface area contributed by atoms with Gasteiger partial charge in [0.2, 0.25) is 10.0 Å². The Kier molecular flexibility index (Phi) is 6.80. The number of piperazine rings is 1. The van der Waals surface area contributed by atoms with Crippen molar-refractivity contribution in [3.8, 4) is 0 Å². The Morgan fingerprint density at radius 2 is 2.08 bits per heavy atom. The molecule has 134 valence electrons. The van der Waals surface area contributed by atoms with Gasteiger partial charge in [-0.3, -0.25) is 4.99 Å². The molecule has 0 spiro atoms. The molecule has 0 aromatic carbocycles. The molecule has 1 aromatic rings. The van der Waals surface area contributed by atoms with Crippen LogP contribution < -0.4 is 16.0 Å². The van der Waals surface area contributed by atoms with Gasteiger partial charge in [-0.25, -0.2) is 13.4 Å². The molecule has 0 aliphatic carbocycles. The first-order valence-electron chi connectivity index (χ1n) is 8.20. The third-order valence-corrected chi connectivity index (χ3v) is 5.65. The first kappa shape index (κ1) is 18.5. The Labute approximate surface area is 143 Å². The van der Waals surface area contributed by atoms with Crippen molar-refractivity contribution in [2.45, 2.75) is 13.3 Å². The lowest BCUT2D eigenvalue weighted by atomic mass is 10.3. The summed E-state index contributed by atoms with van der Waals surface area (Å²) in [4.78, 5) is 10.5. The molecule has 0 radical (unpaired) electrons. The minimum absolute atomic E-state index is 0.0128. The van der Waals surface area contributed by atoms with E-state index in [0.29, 0.717) is 38.7 Å². The number of nitrogens with two attached hydrogens (primary N) is 1. The predicted octanol–water partition coefficient (Wildman–Crippen LogP) is -0.152. The van der Waals surface area contributed by atoms with Crippen molar-refractivity contribution in [3.63, 3.8) is 0 Å². The molecule has 2 rings (SSSR count). The maximum Gasteiger partial charge on any atom is 0.215 e. The van der Waals surface area contributed by atoms with Crippen molar-refractivity contribution in [3.05, 3.63) is 24.4 Å². The van der Waals surface area contributed by atoms with Gasteiger partial charge in [0.15, 0.2) is 5.96 Å². The molecular weight excluding hydrogens is 328 g/mol. The van der Waals surface area contributed by atoms with Gasteiger partial charge in [-0.2, -0.15) is 4.31 Å². The van der Waals surface area contributed by atoms with Crippen LogP contribution in [0.25, 0.3) is 0 Å². The Bertz CT molecular complexity index is 627. The van der Waals surface area contributed by atoms with E-state index in [0.717, 1.165) is 12.2 Å². The highest BCUT2D eigenvalue weighted by atomic mass is 32.2. The van der Waals surface area contributed by atoms with Gasteiger partial charge in [-0.1, -0.05) is 13.0 Å². The fourth-order valence-corrected chi connectivity index (χ4v) is 3.80. The second kappa shape index (κ2) is 8.84. The minimum Gasteiger partial charge on any atom is -0.370 e. The number of nitrogens with one attached hydrogen (secondary N) is 1. The van der Waals surface area contributed by atoms with E-state index in [9.17, 15) is 8.42 Å². The zero-order valence-corrected chi connectivity index (χ0v) is 14.9. The first-order valence-corrected chi connectivity index (χ1v) is 9.81. The minimum atomic E-state index is -3.29. The van der Waals surface area contributed by atoms with Gasteiger partial charge in [0.25, 0.3) is 0 Å². The number of hydrogen-bond donors (Lipinski definition) is 2. The quantitative estimate of drug-likeness (QED) is 0.521. The monoisotopic (exact) mass is 354 g/mol. The maximum atomic E-state index is 12.4. The van der Waals surface area contributed by atoms with Crippen LogP contribution in [0, 0.1) is 0 Å². The largest absolute Gasteiger partial charge is 0.370 e. The maximum absolute atomic E-state index is 12.4. The molecule has 2 heterocycles. The molecule has 0 unspecified atom stereocenters. The number of rotatable bonds is 7. The van der Waals surface area contributed by atoms with Crippen LogP contribution in [-0.4, -0.2) is 68.7 Å².